The molecule has 0 saturated heterocycles. The summed E-state index contributed by atoms with van der Waals surface area (Å²) in [6, 6.07) is 10.7. The fraction of sp³-hybridized carbons (Fsp3) is 0.429. The normalized spacial score (nSPS) is 11.8. The van der Waals surface area contributed by atoms with E-state index in [9.17, 15) is 0 Å². The third kappa shape index (κ3) is 5.13. The number of thioether (sulfide) groups is 2. The molecule has 0 aliphatic heterocycles. The molecular formula is C14H20S2. The van der Waals surface area contributed by atoms with E-state index in [-0.39, 0.29) is 0 Å². The van der Waals surface area contributed by atoms with Crippen LogP contribution in [0.15, 0.2) is 35.7 Å². The van der Waals surface area contributed by atoms with Crippen LogP contribution in [0.4, 0.5) is 0 Å². The van der Waals surface area contributed by atoms with Gasteiger partial charge in [0.15, 0.2) is 0 Å². The molecule has 1 aromatic carbocycles. The molecular weight excluding hydrogens is 232 g/mol. The lowest BCUT2D eigenvalue weighted by atomic mass is 10.2. The van der Waals surface area contributed by atoms with Gasteiger partial charge in [0, 0.05) is 4.91 Å². The molecule has 0 aromatic heterocycles. The molecule has 0 bridgehead atoms. The van der Waals surface area contributed by atoms with Gasteiger partial charge in [-0.1, -0.05) is 44.2 Å². The molecule has 0 spiro atoms. The highest BCUT2D eigenvalue weighted by atomic mass is 32.2. The SMILES string of the molecule is CCCS/C=C(\SCCC)c1ccccc1. The summed E-state index contributed by atoms with van der Waals surface area (Å²) in [6.07, 6.45) is 2.47. The van der Waals surface area contributed by atoms with Crippen LogP contribution in [0.2, 0.25) is 0 Å². The van der Waals surface area contributed by atoms with Gasteiger partial charge in [-0.3, -0.25) is 0 Å². The van der Waals surface area contributed by atoms with Gasteiger partial charge in [-0.15, -0.1) is 23.5 Å². The lowest BCUT2D eigenvalue weighted by molar-refractivity contribution is 1.11. The molecule has 0 atom stereocenters. The zero-order valence-corrected chi connectivity index (χ0v) is 11.7. The van der Waals surface area contributed by atoms with Gasteiger partial charge in [0.1, 0.15) is 0 Å². The van der Waals surface area contributed by atoms with Crippen LogP contribution in [-0.4, -0.2) is 11.5 Å². The lowest BCUT2D eigenvalue weighted by Crippen LogP contribution is -1.82. The van der Waals surface area contributed by atoms with E-state index in [1.807, 2.05) is 23.5 Å². The van der Waals surface area contributed by atoms with Gasteiger partial charge in [0.25, 0.3) is 0 Å². The summed E-state index contributed by atoms with van der Waals surface area (Å²) in [4.78, 5) is 1.42. The molecule has 0 saturated carbocycles. The topological polar surface area (TPSA) is 0 Å². The van der Waals surface area contributed by atoms with Crippen LogP contribution in [-0.2, 0) is 0 Å². The van der Waals surface area contributed by atoms with Gasteiger partial charge in [0.2, 0.25) is 0 Å². The maximum atomic E-state index is 2.32. The van der Waals surface area contributed by atoms with Gasteiger partial charge < -0.3 is 0 Å². The van der Waals surface area contributed by atoms with Gasteiger partial charge in [0.05, 0.1) is 0 Å². The van der Waals surface area contributed by atoms with Crippen molar-refractivity contribution < 1.29 is 0 Å². The highest BCUT2D eigenvalue weighted by Crippen LogP contribution is 2.30. The molecule has 2 heteroatoms. The van der Waals surface area contributed by atoms with Crippen molar-refractivity contribution >= 4 is 28.4 Å². The summed E-state index contributed by atoms with van der Waals surface area (Å²) in [6.45, 7) is 4.46. The van der Waals surface area contributed by atoms with Gasteiger partial charge in [-0.2, -0.15) is 0 Å². The predicted octanol–water partition coefficient (Wildman–Crippen LogP) is 5.27. The third-order valence-electron chi connectivity index (χ3n) is 2.03. The number of rotatable bonds is 7. The second-order valence-corrected chi connectivity index (χ2v) is 5.68. The minimum atomic E-state index is 1.20. The van der Waals surface area contributed by atoms with Crippen LogP contribution >= 0.6 is 23.5 Å². The largest absolute Gasteiger partial charge is 0.133 e. The molecule has 16 heavy (non-hydrogen) atoms. The quantitative estimate of drug-likeness (QED) is 0.606. The summed E-state index contributed by atoms with van der Waals surface area (Å²) in [5.74, 6) is 2.41. The summed E-state index contributed by atoms with van der Waals surface area (Å²) >= 11 is 3.89. The second kappa shape index (κ2) is 8.77. The Balaban J connectivity index is 2.67. The molecule has 0 radical (unpaired) electrons. The molecule has 1 aromatic rings. The lowest BCUT2D eigenvalue weighted by Gasteiger charge is -2.06. The average Bonchev–Trinajstić information content (AvgIpc) is 2.35. The molecule has 0 aliphatic rings. The van der Waals surface area contributed by atoms with E-state index in [1.54, 1.807) is 0 Å². The summed E-state index contributed by atoms with van der Waals surface area (Å²) < 4.78 is 0. The molecule has 88 valence electrons. The average molecular weight is 252 g/mol. The van der Waals surface area contributed by atoms with Crippen LogP contribution in [0.3, 0.4) is 0 Å². The number of hydrogen-bond acceptors (Lipinski definition) is 2. The van der Waals surface area contributed by atoms with E-state index in [1.165, 1.54) is 34.8 Å². The Morgan fingerprint density at radius 1 is 1.06 bits per heavy atom. The van der Waals surface area contributed by atoms with E-state index in [2.05, 4.69) is 49.6 Å². The molecule has 0 aliphatic carbocycles. The summed E-state index contributed by atoms with van der Waals surface area (Å²) in [5.41, 5.74) is 1.35. The fourth-order valence-corrected chi connectivity index (χ4v) is 3.10. The first kappa shape index (κ1) is 13.7. The molecule has 0 N–H and O–H groups in total. The van der Waals surface area contributed by atoms with Crippen molar-refractivity contribution in [2.24, 2.45) is 0 Å². The molecule has 1 rings (SSSR count). The Morgan fingerprint density at radius 2 is 1.75 bits per heavy atom. The summed E-state index contributed by atoms with van der Waals surface area (Å²) in [7, 11) is 0. The highest BCUT2D eigenvalue weighted by Gasteiger charge is 2.00. The molecule has 0 fully saturated rings. The maximum Gasteiger partial charge on any atom is 0.0207 e. The first-order valence-corrected chi connectivity index (χ1v) is 7.92. The minimum Gasteiger partial charge on any atom is -0.133 e. The van der Waals surface area contributed by atoms with Crippen molar-refractivity contribution in [2.75, 3.05) is 11.5 Å². The van der Waals surface area contributed by atoms with Crippen LogP contribution in [0.25, 0.3) is 4.91 Å². The van der Waals surface area contributed by atoms with Crippen LogP contribution < -0.4 is 0 Å². The standard InChI is InChI=1S/C14H20S2/c1-3-10-15-12-14(16-11-4-2)13-8-6-5-7-9-13/h5-9,12H,3-4,10-11H2,1-2H3/b14-12-. The molecule has 0 nitrogen and oxygen atoms in total. The van der Waals surface area contributed by atoms with Crippen LogP contribution in [0.5, 0.6) is 0 Å². The Hall–Kier alpha value is -0.340. The van der Waals surface area contributed by atoms with Crippen molar-refractivity contribution in [3.05, 3.63) is 41.3 Å². The Bertz CT molecular complexity index is 304. The molecule has 0 amide bonds. The van der Waals surface area contributed by atoms with Crippen molar-refractivity contribution in [3.8, 4) is 0 Å². The zero-order chi connectivity index (χ0) is 11.6. The third-order valence-corrected chi connectivity index (χ3v) is 4.50. The van der Waals surface area contributed by atoms with Crippen molar-refractivity contribution in [2.45, 2.75) is 26.7 Å². The Labute approximate surface area is 108 Å². The van der Waals surface area contributed by atoms with Gasteiger partial charge >= 0.3 is 0 Å². The first-order chi connectivity index (χ1) is 7.88. The highest BCUT2D eigenvalue weighted by molar-refractivity contribution is 8.10. The maximum absolute atomic E-state index is 2.32. The Morgan fingerprint density at radius 3 is 2.38 bits per heavy atom. The van der Waals surface area contributed by atoms with E-state index >= 15 is 0 Å². The Kier molecular flexibility index (Phi) is 7.52. The summed E-state index contributed by atoms with van der Waals surface area (Å²) in [5, 5.41) is 2.32. The minimum absolute atomic E-state index is 1.20. The van der Waals surface area contributed by atoms with Crippen molar-refractivity contribution in [3.63, 3.8) is 0 Å². The number of hydrogen-bond donors (Lipinski definition) is 0. The molecule has 0 unspecified atom stereocenters. The van der Waals surface area contributed by atoms with E-state index < -0.39 is 0 Å². The zero-order valence-electron chi connectivity index (χ0n) is 10.1. The number of benzene rings is 1. The van der Waals surface area contributed by atoms with E-state index in [4.69, 9.17) is 0 Å². The fourth-order valence-electron chi connectivity index (χ4n) is 1.25. The first-order valence-electron chi connectivity index (χ1n) is 5.88. The van der Waals surface area contributed by atoms with E-state index in [0.717, 1.165) is 0 Å². The van der Waals surface area contributed by atoms with Crippen molar-refractivity contribution in [1.29, 1.82) is 0 Å². The predicted molar refractivity (Wildman–Crippen MR) is 79.9 cm³/mol. The van der Waals surface area contributed by atoms with Crippen LogP contribution in [0, 0.1) is 0 Å². The van der Waals surface area contributed by atoms with Crippen molar-refractivity contribution in [1.82, 2.24) is 0 Å². The second-order valence-electron chi connectivity index (χ2n) is 3.57. The van der Waals surface area contributed by atoms with Gasteiger partial charge in [-0.05, 0) is 35.3 Å². The van der Waals surface area contributed by atoms with E-state index in [0.29, 0.717) is 0 Å². The van der Waals surface area contributed by atoms with Crippen LogP contribution in [0.1, 0.15) is 32.3 Å². The smallest absolute Gasteiger partial charge is 0.0207 e. The monoisotopic (exact) mass is 252 g/mol. The van der Waals surface area contributed by atoms with Gasteiger partial charge in [-0.25, -0.2) is 0 Å². The molecule has 0 heterocycles.